The molecule has 0 spiro atoms. The first kappa shape index (κ1) is 13.6. The maximum Gasteiger partial charge on any atom is 0.340 e. The van der Waals surface area contributed by atoms with Crippen LogP contribution in [0.4, 0.5) is 4.39 Å². The van der Waals surface area contributed by atoms with Crippen molar-refractivity contribution in [1.29, 1.82) is 0 Å². The first-order valence-electron chi connectivity index (χ1n) is 5.13. The minimum Gasteiger partial charge on any atom is -0.479 e. The van der Waals surface area contributed by atoms with E-state index >= 15 is 0 Å². The number of benzene rings is 1. The number of aliphatic carboxylic acids is 1. The average Bonchev–Trinajstić information content (AvgIpc) is 2.29. The van der Waals surface area contributed by atoms with Gasteiger partial charge in [0, 0.05) is 7.11 Å². The van der Waals surface area contributed by atoms with Gasteiger partial charge in [-0.3, -0.25) is 0 Å². The van der Waals surface area contributed by atoms with Crippen LogP contribution >= 0.6 is 0 Å². The van der Waals surface area contributed by atoms with E-state index in [2.05, 4.69) is 0 Å². The molecule has 0 aliphatic rings. The second-order valence-corrected chi connectivity index (χ2v) is 3.69. The molecule has 1 aromatic carbocycles. The Morgan fingerprint density at radius 2 is 1.94 bits per heavy atom. The number of hydrogen-bond donors (Lipinski definition) is 1. The zero-order valence-electron chi connectivity index (χ0n) is 9.77. The van der Waals surface area contributed by atoms with E-state index in [-0.39, 0.29) is 6.61 Å². The standard InChI is InChI=1S/C12H15FO4/c1-12(11(14)15,17-8-7-16-2)9-3-5-10(13)6-4-9/h3-6H,7-8H2,1-2H3,(H,14,15). The van der Waals surface area contributed by atoms with Crippen LogP contribution in [0.5, 0.6) is 0 Å². The lowest BCUT2D eigenvalue weighted by molar-refractivity contribution is -0.166. The molecule has 0 heterocycles. The molecule has 0 saturated carbocycles. The molecule has 17 heavy (non-hydrogen) atoms. The van der Waals surface area contributed by atoms with Gasteiger partial charge in [0.15, 0.2) is 5.60 Å². The van der Waals surface area contributed by atoms with Crippen molar-refractivity contribution in [2.45, 2.75) is 12.5 Å². The largest absolute Gasteiger partial charge is 0.479 e. The van der Waals surface area contributed by atoms with Gasteiger partial charge in [-0.05, 0) is 24.6 Å². The topological polar surface area (TPSA) is 55.8 Å². The summed E-state index contributed by atoms with van der Waals surface area (Å²) in [6.07, 6.45) is 0. The number of methoxy groups -OCH3 is 1. The molecule has 4 nitrogen and oxygen atoms in total. The van der Waals surface area contributed by atoms with Crippen LogP contribution in [0.2, 0.25) is 0 Å². The van der Waals surface area contributed by atoms with Gasteiger partial charge in [-0.1, -0.05) is 12.1 Å². The first-order valence-corrected chi connectivity index (χ1v) is 5.13. The van der Waals surface area contributed by atoms with Gasteiger partial charge in [-0.2, -0.15) is 0 Å². The van der Waals surface area contributed by atoms with Crippen molar-refractivity contribution in [2.24, 2.45) is 0 Å². The average molecular weight is 242 g/mol. The molecular formula is C12H15FO4. The highest BCUT2D eigenvalue weighted by molar-refractivity contribution is 5.78. The lowest BCUT2D eigenvalue weighted by atomic mass is 9.96. The van der Waals surface area contributed by atoms with E-state index in [0.717, 1.165) is 0 Å². The molecule has 1 N–H and O–H groups in total. The van der Waals surface area contributed by atoms with Gasteiger partial charge < -0.3 is 14.6 Å². The van der Waals surface area contributed by atoms with Crippen molar-refractivity contribution in [3.05, 3.63) is 35.6 Å². The normalized spacial score (nSPS) is 14.3. The Morgan fingerprint density at radius 1 is 1.35 bits per heavy atom. The molecule has 0 amide bonds. The van der Waals surface area contributed by atoms with Crippen LogP contribution in [0.25, 0.3) is 0 Å². The summed E-state index contributed by atoms with van der Waals surface area (Å²) in [6, 6.07) is 5.21. The fraction of sp³-hybridized carbons (Fsp3) is 0.417. The summed E-state index contributed by atoms with van der Waals surface area (Å²) in [5.74, 6) is -1.54. The molecule has 0 bridgehead atoms. The highest BCUT2D eigenvalue weighted by atomic mass is 19.1. The van der Waals surface area contributed by atoms with E-state index in [9.17, 15) is 14.3 Å². The molecule has 1 rings (SSSR count). The number of rotatable bonds is 6. The Balaban J connectivity index is 2.90. The van der Waals surface area contributed by atoms with Gasteiger partial charge in [-0.25, -0.2) is 9.18 Å². The van der Waals surface area contributed by atoms with Crippen LogP contribution in [-0.4, -0.2) is 31.4 Å². The van der Waals surface area contributed by atoms with E-state index in [1.807, 2.05) is 0 Å². The van der Waals surface area contributed by atoms with Crippen LogP contribution in [0.15, 0.2) is 24.3 Å². The summed E-state index contributed by atoms with van der Waals surface area (Å²) in [5.41, 5.74) is -1.10. The molecule has 0 radical (unpaired) electrons. The van der Waals surface area contributed by atoms with E-state index in [1.54, 1.807) is 0 Å². The molecule has 0 aromatic heterocycles. The van der Waals surface area contributed by atoms with E-state index < -0.39 is 17.4 Å². The number of halogens is 1. The smallest absolute Gasteiger partial charge is 0.340 e. The van der Waals surface area contributed by atoms with Gasteiger partial charge in [-0.15, -0.1) is 0 Å². The maximum atomic E-state index is 12.8. The highest BCUT2D eigenvalue weighted by Crippen LogP contribution is 2.25. The van der Waals surface area contributed by atoms with Gasteiger partial charge in [0.05, 0.1) is 13.2 Å². The highest BCUT2D eigenvalue weighted by Gasteiger charge is 2.36. The summed E-state index contributed by atoms with van der Waals surface area (Å²) in [6.45, 7) is 1.87. The fourth-order valence-corrected chi connectivity index (χ4v) is 1.37. The third-order valence-electron chi connectivity index (χ3n) is 2.48. The lowest BCUT2D eigenvalue weighted by Gasteiger charge is -2.25. The quantitative estimate of drug-likeness (QED) is 0.773. The number of carboxylic acid groups (broad SMARTS) is 1. The van der Waals surface area contributed by atoms with Crippen molar-refractivity contribution < 1.29 is 23.8 Å². The monoisotopic (exact) mass is 242 g/mol. The summed E-state index contributed by atoms with van der Waals surface area (Å²) in [7, 11) is 1.50. The number of carboxylic acids is 1. The van der Waals surface area contributed by atoms with E-state index in [4.69, 9.17) is 9.47 Å². The van der Waals surface area contributed by atoms with E-state index in [1.165, 1.54) is 38.3 Å². The molecule has 1 unspecified atom stereocenters. The lowest BCUT2D eigenvalue weighted by Crippen LogP contribution is -2.36. The van der Waals surface area contributed by atoms with Crippen molar-refractivity contribution in [3.8, 4) is 0 Å². The van der Waals surface area contributed by atoms with Gasteiger partial charge in [0.2, 0.25) is 0 Å². The van der Waals surface area contributed by atoms with Crippen molar-refractivity contribution in [1.82, 2.24) is 0 Å². The summed E-state index contributed by atoms with van der Waals surface area (Å²) < 4.78 is 22.9. The number of hydrogen-bond acceptors (Lipinski definition) is 3. The zero-order valence-corrected chi connectivity index (χ0v) is 9.77. The molecular weight excluding hydrogens is 227 g/mol. The van der Waals surface area contributed by atoms with Crippen LogP contribution in [-0.2, 0) is 19.9 Å². The summed E-state index contributed by atoms with van der Waals surface area (Å²) >= 11 is 0. The van der Waals surface area contributed by atoms with Crippen LogP contribution in [0.3, 0.4) is 0 Å². The third kappa shape index (κ3) is 3.25. The molecule has 5 heteroatoms. The Kier molecular flexibility index (Phi) is 4.60. The SMILES string of the molecule is COCCOC(C)(C(=O)O)c1ccc(F)cc1. The Labute approximate surface area is 99.0 Å². The molecule has 0 saturated heterocycles. The van der Waals surface area contributed by atoms with Gasteiger partial charge in [0.25, 0.3) is 0 Å². The Bertz CT molecular complexity index is 377. The van der Waals surface area contributed by atoms with Crippen molar-refractivity contribution in [2.75, 3.05) is 20.3 Å². The third-order valence-corrected chi connectivity index (χ3v) is 2.48. The summed E-state index contributed by atoms with van der Waals surface area (Å²) in [5, 5.41) is 9.20. The number of ether oxygens (including phenoxy) is 2. The zero-order chi connectivity index (χ0) is 12.9. The second kappa shape index (κ2) is 5.75. The van der Waals surface area contributed by atoms with Gasteiger partial charge in [0.1, 0.15) is 5.82 Å². The number of carbonyl (C=O) groups is 1. The van der Waals surface area contributed by atoms with Crippen LogP contribution in [0.1, 0.15) is 12.5 Å². The van der Waals surface area contributed by atoms with Gasteiger partial charge >= 0.3 is 5.97 Å². The predicted octanol–water partition coefficient (Wildman–Crippen LogP) is 1.79. The Morgan fingerprint density at radius 3 is 2.41 bits per heavy atom. The Hall–Kier alpha value is -1.46. The maximum absolute atomic E-state index is 12.8. The molecule has 0 aliphatic heterocycles. The van der Waals surface area contributed by atoms with Crippen LogP contribution < -0.4 is 0 Å². The summed E-state index contributed by atoms with van der Waals surface area (Å²) in [4.78, 5) is 11.2. The molecule has 0 aliphatic carbocycles. The fourth-order valence-electron chi connectivity index (χ4n) is 1.37. The molecule has 0 fully saturated rings. The van der Waals surface area contributed by atoms with E-state index in [0.29, 0.717) is 12.2 Å². The van der Waals surface area contributed by atoms with Crippen molar-refractivity contribution in [3.63, 3.8) is 0 Å². The predicted molar refractivity (Wildman–Crippen MR) is 59.2 cm³/mol. The molecule has 94 valence electrons. The van der Waals surface area contributed by atoms with Crippen molar-refractivity contribution >= 4 is 5.97 Å². The first-order chi connectivity index (χ1) is 8.00. The molecule has 1 aromatic rings. The molecule has 1 atom stereocenters. The second-order valence-electron chi connectivity index (χ2n) is 3.69. The van der Waals surface area contributed by atoms with Crippen LogP contribution in [0, 0.1) is 5.82 Å². The minimum absolute atomic E-state index is 0.149. The minimum atomic E-state index is -1.49.